The van der Waals surface area contributed by atoms with Crippen LogP contribution in [-0.2, 0) is 0 Å². The van der Waals surface area contributed by atoms with Gasteiger partial charge in [-0.1, -0.05) is 12.1 Å². The number of hydrogen-bond acceptors (Lipinski definition) is 2. The zero-order chi connectivity index (χ0) is 13.8. The van der Waals surface area contributed by atoms with Crippen LogP contribution in [0.4, 0.5) is 8.78 Å². The van der Waals surface area contributed by atoms with Crippen molar-refractivity contribution in [3.05, 3.63) is 65.5 Å². The Hall–Kier alpha value is -1.81. The van der Waals surface area contributed by atoms with Crippen LogP contribution in [0.15, 0.2) is 42.7 Å². The third kappa shape index (κ3) is 3.58. The Morgan fingerprint density at radius 3 is 2.32 bits per heavy atom. The SMILES string of the molecule is CC(N[C@@H](C)c1cccc(F)c1)c1cncc(F)c1. The minimum atomic E-state index is -0.357. The summed E-state index contributed by atoms with van der Waals surface area (Å²) in [7, 11) is 0. The fourth-order valence-corrected chi connectivity index (χ4v) is 2.01. The Kier molecular flexibility index (Phi) is 4.22. The molecule has 100 valence electrons. The monoisotopic (exact) mass is 262 g/mol. The molecule has 0 aliphatic carbocycles. The van der Waals surface area contributed by atoms with E-state index in [1.165, 1.54) is 24.4 Å². The predicted molar refractivity (Wildman–Crippen MR) is 70.6 cm³/mol. The molecule has 0 bridgehead atoms. The van der Waals surface area contributed by atoms with Gasteiger partial charge in [0.2, 0.25) is 0 Å². The molecule has 0 fully saturated rings. The van der Waals surface area contributed by atoms with Crippen molar-refractivity contribution in [3.63, 3.8) is 0 Å². The summed E-state index contributed by atoms with van der Waals surface area (Å²) in [4.78, 5) is 3.82. The first-order valence-corrected chi connectivity index (χ1v) is 6.18. The molecule has 2 atom stereocenters. The highest BCUT2D eigenvalue weighted by Crippen LogP contribution is 2.19. The van der Waals surface area contributed by atoms with Crippen LogP contribution in [0.1, 0.15) is 37.1 Å². The molecule has 19 heavy (non-hydrogen) atoms. The number of rotatable bonds is 4. The summed E-state index contributed by atoms with van der Waals surface area (Å²) in [5.41, 5.74) is 1.62. The molecule has 4 heteroatoms. The standard InChI is InChI=1S/C15H16F2N2/c1-10(12-4-3-5-14(16)6-12)19-11(2)13-7-15(17)9-18-8-13/h3-11,19H,1-2H3/t10-,11?/m0/s1. The minimum Gasteiger partial charge on any atom is -0.304 e. The quantitative estimate of drug-likeness (QED) is 0.907. The van der Waals surface area contributed by atoms with E-state index in [1.807, 2.05) is 19.9 Å². The lowest BCUT2D eigenvalue weighted by Gasteiger charge is -2.20. The number of hydrogen-bond donors (Lipinski definition) is 1. The Bertz CT molecular complexity index is 508. The van der Waals surface area contributed by atoms with E-state index in [0.717, 1.165) is 11.1 Å². The van der Waals surface area contributed by atoms with E-state index in [2.05, 4.69) is 10.3 Å². The normalized spacial score (nSPS) is 14.1. The second-order valence-electron chi connectivity index (χ2n) is 4.60. The maximum Gasteiger partial charge on any atom is 0.141 e. The van der Waals surface area contributed by atoms with E-state index >= 15 is 0 Å². The van der Waals surface area contributed by atoms with E-state index in [-0.39, 0.29) is 23.7 Å². The first-order valence-electron chi connectivity index (χ1n) is 6.18. The summed E-state index contributed by atoms with van der Waals surface area (Å²) in [5, 5.41) is 3.29. The summed E-state index contributed by atoms with van der Waals surface area (Å²) in [6.07, 6.45) is 2.80. The van der Waals surface area contributed by atoms with E-state index in [1.54, 1.807) is 12.3 Å². The summed E-state index contributed by atoms with van der Waals surface area (Å²) < 4.78 is 26.3. The predicted octanol–water partition coefficient (Wildman–Crippen LogP) is 3.77. The number of benzene rings is 1. The molecule has 0 saturated heterocycles. The molecule has 0 amide bonds. The molecule has 0 spiro atoms. The maximum atomic E-state index is 13.2. The maximum absolute atomic E-state index is 13.2. The lowest BCUT2D eigenvalue weighted by atomic mass is 10.1. The molecular weight excluding hydrogens is 246 g/mol. The first-order chi connectivity index (χ1) is 9.06. The summed E-state index contributed by atoms with van der Waals surface area (Å²) in [6, 6.07) is 7.79. The number of pyridine rings is 1. The highest BCUT2D eigenvalue weighted by atomic mass is 19.1. The molecule has 1 aromatic carbocycles. The fourth-order valence-electron chi connectivity index (χ4n) is 2.01. The lowest BCUT2D eigenvalue weighted by Crippen LogP contribution is -2.22. The fraction of sp³-hybridized carbons (Fsp3) is 0.267. The van der Waals surface area contributed by atoms with Crippen molar-refractivity contribution in [2.45, 2.75) is 25.9 Å². The third-order valence-electron chi connectivity index (χ3n) is 3.07. The molecule has 0 aliphatic rings. The topological polar surface area (TPSA) is 24.9 Å². The van der Waals surface area contributed by atoms with Crippen molar-refractivity contribution in [1.29, 1.82) is 0 Å². The van der Waals surface area contributed by atoms with Crippen LogP contribution in [-0.4, -0.2) is 4.98 Å². The van der Waals surface area contributed by atoms with Gasteiger partial charge in [0.15, 0.2) is 0 Å². The van der Waals surface area contributed by atoms with Crippen LogP contribution in [0, 0.1) is 11.6 Å². The second kappa shape index (κ2) is 5.89. The van der Waals surface area contributed by atoms with E-state index in [4.69, 9.17) is 0 Å². The molecule has 2 rings (SSSR count). The van der Waals surface area contributed by atoms with Crippen molar-refractivity contribution < 1.29 is 8.78 Å². The summed E-state index contributed by atoms with van der Waals surface area (Å²) in [6.45, 7) is 3.87. The largest absolute Gasteiger partial charge is 0.304 e. The van der Waals surface area contributed by atoms with E-state index < -0.39 is 0 Å². The van der Waals surface area contributed by atoms with E-state index in [0.29, 0.717) is 0 Å². The van der Waals surface area contributed by atoms with Gasteiger partial charge in [0.25, 0.3) is 0 Å². The molecule has 1 heterocycles. The van der Waals surface area contributed by atoms with Gasteiger partial charge < -0.3 is 5.32 Å². The van der Waals surface area contributed by atoms with Crippen LogP contribution < -0.4 is 5.32 Å². The van der Waals surface area contributed by atoms with Gasteiger partial charge in [-0.25, -0.2) is 8.78 Å². The molecule has 0 radical (unpaired) electrons. The van der Waals surface area contributed by atoms with Gasteiger partial charge in [-0.3, -0.25) is 4.98 Å². The smallest absolute Gasteiger partial charge is 0.141 e. The number of halogens is 2. The van der Waals surface area contributed by atoms with Crippen LogP contribution in [0.25, 0.3) is 0 Å². The average Bonchev–Trinajstić information content (AvgIpc) is 2.38. The minimum absolute atomic E-state index is 0.0334. The Morgan fingerprint density at radius 1 is 0.947 bits per heavy atom. The third-order valence-corrected chi connectivity index (χ3v) is 3.07. The van der Waals surface area contributed by atoms with Crippen molar-refractivity contribution in [3.8, 4) is 0 Å². The highest BCUT2D eigenvalue weighted by Gasteiger charge is 2.12. The first kappa shape index (κ1) is 13.6. The van der Waals surface area contributed by atoms with Crippen LogP contribution in [0.5, 0.6) is 0 Å². The van der Waals surface area contributed by atoms with E-state index in [9.17, 15) is 8.78 Å². The lowest BCUT2D eigenvalue weighted by molar-refractivity contribution is 0.488. The van der Waals surface area contributed by atoms with Crippen molar-refractivity contribution in [1.82, 2.24) is 10.3 Å². The highest BCUT2D eigenvalue weighted by molar-refractivity contribution is 5.21. The molecule has 2 nitrogen and oxygen atoms in total. The summed E-state index contributed by atoms with van der Waals surface area (Å²) >= 11 is 0. The van der Waals surface area contributed by atoms with Crippen LogP contribution in [0.2, 0.25) is 0 Å². The van der Waals surface area contributed by atoms with Gasteiger partial charge in [0.1, 0.15) is 11.6 Å². The number of nitrogens with one attached hydrogen (secondary N) is 1. The Morgan fingerprint density at radius 2 is 1.63 bits per heavy atom. The zero-order valence-corrected chi connectivity index (χ0v) is 10.9. The Balaban J connectivity index is 2.08. The van der Waals surface area contributed by atoms with Crippen molar-refractivity contribution in [2.75, 3.05) is 0 Å². The van der Waals surface area contributed by atoms with Crippen molar-refractivity contribution >= 4 is 0 Å². The number of nitrogens with zero attached hydrogens (tertiary/aromatic N) is 1. The van der Waals surface area contributed by atoms with Gasteiger partial charge in [-0.15, -0.1) is 0 Å². The molecule has 1 N–H and O–H groups in total. The van der Waals surface area contributed by atoms with Crippen LogP contribution in [0.3, 0.4) is 0 Å². The Labute approximate surface area is 111 Å². The molecule has 1 aromatic heterocycles. The zero-order valence-electron chi connectivity index (χ0n) is 10.9. The van der Waals surface area contributed by atoms with Crippen molar-refractivity contribution in [2.24, 2.45) is 0 Å². The van der Waals surface area contributed by atoms with Gasteiger partial charge in [-0.05, 0) is 43.2 Å². The molecular formula is C15H16F2N2. The van der Waals surface area contributed by atoms with Crippen LogP contribution >= 0.6 is 0 Å². The van der Waals surface area contributed by atoms with Gasteiger partial charge in [0.05, 0.1) is 6.20 Å². The molecule has 2 aromatic rings. The average molecular weight is 262 g/mol. The molecule has 0 aliphatic heterocycles. The number of aromatic nitrogens is 1. The summed E-state index contributed by atoms with van der Waals surface area (Å²) in [5.74, 6) is -0.615. The molecule has 0 saturated carbocycles. The van der Waals surface area contributed by atoms with Gasteiger partial charge in [-0.2, -0.15) is 0 Å². The van der Waals surface area contributed by atoms with Gasteiger partial charge in [0, 0.05) is 18.3 Å². The van der Waals surface area contributed by atoms with Gasteiger partial charge >= 0.3 is 0 Å². The molecule has 1 unspecified atom stereocenters. The second-order valence-corrected chi connectivity index (χ2v) is 4.60.